The number of likely N-dealkylation sites (N-methyl/N-ethyl adjacent to an activating group) is 1. The third-order valence-electron chi connectivity index (χ3n) is 2.65. The van der Waals surface area contributed by atoms with Crippen LogP contribution in [0.2, 0.25) is 0 Å². The van der Waals surface area contributed by atoms with Gasteiger partial charge in [-0.15, -0.1) is 0 Å². The second-order valence-corrected chi connectivity index (χ2v) is 4.31. The minimum atomic E-state index is -0.295. The summed E-state index contributed by atoms with van der Waals surface area (Å²) in [5, 5.41) is 8.71. The summed E-state index contributed by atoms with van der Waals surface area (Å²) in [5.74, 6) is 5.44. The molecule has 1 N–H and O–H groups in total. The van der Waals surface area contributed by atoms with Gasteiger partial charge in [-0.1, -0.05) is 17.9 Å². The van der Waals surface area contributed by atoms with Crippen molar-refractivity contribution >= 4 is 0 Å². The molecule has 0 aliphatic rings. The highest BCUT2D eigenvalue weighted by Crippen LogP contribution is 2.12. The van der Waals surface area contributed by atoms with Crippen LogP contribution in [-0.2, 0) is 11.3 Å². The Morgan fingerprint density at radius 1 is 1.42 bits per heavy atom. The Morgan fingerprint density at radius 2 is 2.21 bits per heavy atom. The van der Waals surface area contributed by atoms with Gasteiger partial charge in [-0.05, 0) is 24.7 Å². The maximum Gasteiger partial charge on any atom is 0.124 e. The smallest absolute Gasteiger partial charge is 0.124 e. The molecule has 0 spiro atoms. The molecule has 19 heavy (non-hydrogen) atoms. The summed E-state index contributed by atoms with van der Waals surface area (Å²) in [6.45, 7) is 2.17. The fraction of sp³-hybridized carbons (Fsp3) is 0.467. The molecule has 1 rings (SSSR count). The predicted molar refractivity (Wildman–Crippen MR) is 73.2 cm³/mol. The van der Waals surface area contributed by atoms with Gasteiger partial charge < -0.3 is 9.84 Å². The molecule has 0 amide bonds. The Bertz CT molecular complexity index is 451. The quantitative estimate of drug-likeness (QED) is 0.794. The van der Waals surface area contributed by atoms with Gasteiger partial charge in [0.05, 0.1) is 13.2 Å². The molecule has 0 aromatic heterocycles. The van der Waals surface area contributed by atoms with E-state index in [-0.39, 0.29) is 12.4 Å². The molecule has 0 aliphatic heterocycles. The molecular weight excluding hydrogens is 245 g/mol. The van der Waals surface area contributed by atoms with Crippen LogP contribution in [0.25, 0.3) is 0 Å². The second-order valence-electron chi connectivity index (χ2n) is 4.31. The fourth-order valence-electron chi connectivity index (χ4n) is 1.63. The molecule has 0 aliphatic carbocycles. The number of hydrogen-bond donors (Lipinski definition) is 1. The molecule has 0 heterocycles. The van der Waals surface area contributed by atoms with Gasteiger partial charge in [0.15, 0.2) is 0 Å². The molecule has 0 bridgehead atoms. The zero-order chi connectivity index (χ0) is 14.1. The molecule has 0 saturated carbocycles. The molecule has 0 saturated heterocycles. The fourth-order valence-corrected chi connectivity index (χ4v) is 1.63. The van der Waals surface area contributed by atoms with Crippen molar-refractivity contribution in [1.29, 1.82) is 0 Å². The van der Waals surface area contributed by atoms with Crippen LogP contribution in [0.3, 0.4) is 0 Å². The third kappa shape index (κ3) is 5.84. The average molecular weight is 265 g/mol. The number of aliphatic hydroxyl groups excluding tert-OH is 1. The van der Waals surface area contributed by atoms with E-state index in [1.165, 1.54) is 12.1 Å². The van der Waals surface area contributed by atoms with Crippen molar-refractivity contribution in [2.24, 2.45) is 0 Å². The van der Waals surface area contributed by atoms with E-state index < -0.39 is 0 Å². The summed E-state index contributed by atoms with van der Waals surface area (Å²) in [4.78, 5) is 2.09. The first kappa shape index (κ1) is 15.6. The summed E-state index contributed by atoms with van der Waals surface area (Å²) >= 11 is 0. The van der Waals surface area contributed by atoms with Gasteiger partial charge in [0.1, 0.15) is 5.82 Å². The highest BCUT2D eigenvalue weighted by molar-refractivity contribution is 5.41. The summed E-state index contributed by atoms with van der Waals surface area (Å²) in [6.07, 6.45) is 0.398. The second kappa shape index (κ2) is 8.65. The van der Waals surface area contributed by atoms with E-state index in [4.69, 9.17) is 9.84 Å². The first-order chi connectivity index (χ1) is 9.17. The van der Waals surface area contributed by atoms with E-state index in [1.54, 1.807) is 13.2 Å². The zero-order valence-electron chi connectivity index (χ0n) is 11.4. The number of hydrogen-bond acceptors (Lipinski definition) is 3. The maximum atomic E-state index is 13.2. The van der Waals surface area contributed by atoms with Gasteiger partial charge in [-0.3, -0.25) is 4.90 Å². The van der Waals surface area contributed by atoms with Crippen LogP contribution in [0.15, 0.2) is 18.2 Å². The van der Waals surface area contributed by atoms with Crippen LogP contribution in [0, 0.1) is 17.7 Å². The van der Waals surface area contributed by atoms with Crippen molar-refractivity contribution in [3.63, 3.8) is 0 Å². The molecule has 0 fully saturated rings. The first-order valence-electron chi connectivity index (χ1n) is 6.23. The van der Waals surface area contributed by atoms with E-state index in [1.807, 2.05) is 7.05 Å². The highest BCUT2D eigenvalue weighted by Gasteiger charge is 2.05. The van der Waals surface area contributed by atoms with Crippen molar-refractivity contribution in [1.82, 2.24) is 4.90 Å². The number of ether oxygens (including phenoxy) is 1. The summed E-state index contributed by atoms with van der Waals surface area (Å²) < 4.78 is 18.3. The molecule has 1 aromatic rings. The van der Waals surface area contributed by atoms with Crippen LogP contribution in [0.5, 0.6) is 0 Å². The van der Waals surface area contributed by atoms with Gasteiger partial charge in [0, 0.05) is 32.2 Å². The van der Waals surface area contributed by atoms with Gasteiger partial charge in [0.25, 0.3) is 0 Å². The van der Waals surface area contributed by atoms with Crippen molar-refractivity contribution in [2.75, 3.05) is 33.9 Å². The lowest BCUT2D eigenvalue weighted by Gasteiger charge is -2.17. The van der Waals surface area contributed by atoms with E-state index in [0.29, 0.717) is 25.1 Å². The van der Waals surface area contributed by atoms with Crippen molar-refractivity contribution in [3.05, 3.63) is 35.1 Å². The van der Waals surface area contributed by atoms with Crippen LogP contribution >= 0.6 is 0 Å². The van der Waals surface area contributed by atoms with Gasteiger partial charge >= 0.3 is 0 Å². The Hall–Kier alpha value is -1.41. The molecule has 0 radical (unpaired) electrons. The summed E-state index contributed by atoms with van der Waals surface area (Å²) in [6, 6.07) is 4.63. The number of rotatable bonds is 6. The molecule has 0 unspecified atom stereocenters. The van der Waals surface area contributed by atoms with E-state index in [9.17, 15) is 4.39 Å². The lowest BCUT2D eigenvalue weighted by atomic mass is 10.1. The van der Waals surface area contributed by atoms with E-state index in [0.717, 1.165) is 12.1 Å². The molecule has 4 heteroatoms. The van der Waals surface area contributed by atoms with Gasteiger partial charge in [0.2, 0.25) is 0 Å². The number of methoxy groups -OCH3 is 1. The number of nitrogens with zero attached hydrogens (tertiary/aromatic N) is 1. The molecule has 104 valence electrons. The first-order valence-corrected chi connectivity index (χ1v) is 6.23. The summed E-state index contributed by atoms with van der Waals surface area (Å²) in [7, 11) is 3.64. The lowest BCUT2D eigenvalue weighted by Crippen LogP contribution is -2.22. The molecule has 1 aromatic carbocycles. The van der Waals surface area contributed by atoms with E-state index >= 15 is 0 Å². The predicted octanol–water partition coefficient (Wildman–Crippen LogP) is 1.64. The Labute approximate surface area is 114 Å². The summed E-state index contributed by atoms with van der Waals surface area (Å²) in [5.41, 5.74) is 1.66. The minimum Gasteiger partial charge on any atom is -0.395 e. The standard InChI is InChI=1S/C15H20FNO2/c1-17(8-10-19-2)12-14-6-7-15(16)11-13(14)5-3-4-9-18/h6-7,11,18H,4,8-10,12H2,1-2H3. The maximum absolute atomic E-state index is 13.2. The molecule has 3 nitrogen and oxygen atoms in total. The lowest BCUT2D eigenvalue weighted by molar-refractivity contribution is 0.158. The molecular formula is C15H20FNO2. The van der Waals surface area contributed by atoms with Gasteiger partial charge in [-0.2, -0.15) is 0 Å². The normalized spacial score (nSPS) is 10.4. The largest absolute Gasteiger partial charge is 0.395 e. The van der Waals surface area contributed by atoms with Crippen molar-refractivity contribution < 1.29 is 14.2 Å². The Kier molecular flexibility index (Phi) is 7.12. The minimum absolute atomic E-state index is 0.0192. The van der Waals surface area contributed by atoms with Crippen molar-refractivity contribution in [2.45, 2.75) is 13.0 Å². The highest BCUT2D eigenvalue weighted by atomic mass is 19.1. The number of halogens is 1. The molecule has 0 atom stereocenters. The monoisotopic (exact) mass is 265 g/mol. The van der Waals surface area contributed by atoms with E-state index in [2.05, 4.69) is 16.7 Å². The van der Waals surface area contributed by atoms with Crippen LogP contribution in [0.1, 0.15) is 17.5 Å². The van der Waals surface area contributed by atoms with Crippen LogP contribution in [-0.4, -0.2) is 43.9 Å². The Balaban J connectivity index is 2.79. The van der Waals surface area contributed by atoms with Crippen molar-refractivity contribution in [3.8, 4) is 11.8 Å². The van der Waals surface area contributed by atoms with Crippen LogP contribution < -0.4 is 0 Å². The average Bonchev–Trinajstić information content (AvgIpc) is 2.39. The number of benzene rings is 1. The third-order valence-corrected chi connectivity index (χ3v) is 2.65. The SMILES string of the molecule is COCCN(C)Cc1ccc(F)cc1C#CCCO. The topological polar surface area (TPSA) is 32.7 Å². The number of aliphatic hydroxyl groups is 1. The van der Waals surface area contributed by atoms with Crippen LogP contribution in [0.4, 0.5) is 4.39 Å². The van der Waals surface area contributed by atoms with Gasteiger partial charge in [-0.25, -0.2) is 4.39 Å². The zero-order valence-corrected chi connectivity index (χ0v) is 11.4. The Morgan fingerprint density at radius 3 is 2.89 bits per heavy atom.